The molecule has 0 aliphatic rings. The van der Waals surface area contributed by atoms with Crippen molar-refractivity contribution in [2.24, 2.45) is 5.41 Å². The van der Waals surface area contributed by atoms with Crippen molar-refractivity contribution in [2.45, 2.75) is 27.2 Å². The largest absolute Gasteiger partial charge is 0.457 e. The Labute approximate surface area is 131 Å². The second-order valence-corrected chi connectivity index (χ2v) is 6.44. The number of amides is 1. The Bertz CT molecular complexity index is 643. The molecule has 4 nitrogen and oxygen atoms in total. The molecule has 0 saturated carbocycles. The van der Waals surface area contributed by atoms with Gasteiger partial charge >= 0.3 is 0 Å². The average Bonchev–Trinajstić information content (AvgIpc) is 2.47. The predicted octanol–water partition coefficient (Wildman–Crippen LogP) is 3.82. The number of aromatic nitrogens is 1. The molecular formula is C18H22N2O2. The van der Waals surface area contributed by atoms with Gasteiger partial charge in [0.25, 0.3) is 5.91 Å². The molecule has 1 heterocycles. The highest BCUT2D eigenvalue weighted by Gasteiger charge is 2.11. The number of rotatable bonds is 4. The molecule has 0 bridgehead atoms. The second-order valence-electron chi connectivity index (χ2n) is 6.44. The van der Waals surface area contributed by atoms with Gasteiger partial charge in [0, 0.05) is 19.3 Å². The van der Waals surface area contributed by atoms with Crippen LogP contribution >= 0.6 is 0 Å². The van der Waals surface area contributed by atoms with Crippen molar-refractivity contribution in [3.63, 3.8) is 0 Å². The lowest BCUT2D eigenvalue weighted by atomic mass is 9.88. The molecule has 2 aromatic rings. The summed E-state index contributed by atoms with van der Waals surface area (Å²) < 4.78 is 5.78. The molecule has 0 aliphatic heterocycles. The zero-order valence-electron chi connectivity index (χ0n) is 13.5. The van der Waals surface area contributed by atoms with E-state index in [2.05, 4.69) is 43.2 Å². The number of hydrogen-bond donors (Lipinski definition) is 1. The molecule has 1 amide bonds. The van der Waals surface area contributed by atoms with E-state index in [4.69, 9.17) is 4.74 Å². The summed E-state index contributed by atoms with van der Waals surface area (Å²) in [5, 5.41) is 2.54. The molecule has 0 spiro atoms. The topological polar surface area (TPSA) is 51.2 Å². The Balaban J connectivity index is 2.09. The Morgan fingerprint density at radius 2 is 1.82 bits per heavy atom. The summed E-state index contributed by atoms with van der Waals surface area (Å²) in [4.78, 5) is 15.6. The number of hydrogen-bond acceptors (Lipinski definition) is 3. The summed E-state index contributed by atoms with van der Waals surface area (Å²) in [5.74, 6) is 1.11. The quantitative estimate of drug-likeness (QED) is 0.933. The molecule has 0 unspecified atom stereocenters. The van der Waals surface area contributed by atoms with E-state index >= 15 is 0 Å². The molecule has 0 saturated heterocycles. The van der Waals surface area contributed by atoms with E-state index in [1.165, 1.54) is 5.56 Å². The van der Waals surface area contributed by atoms with Crippen LogP contribution in [0.25, 0.3) is 0 Å². The van der Waals surface area contributed by atoms with Crippen molar-refractivity contribution in [1.29, 1.82) is 0 Å². The van der Waals surface area contributed by atoms with Crippen LogP contribution in [0.2, 0.25) is 0 Å². The van der Waals surface area contributed by atoms with E-state index in [-0.39, 0.29) is 11.3 Å². The summed E-state index contributed by atoms with van der Waals surface area (Å²) >= 11 is 0. The van der Waals surface area contributed by atoms with Crippen LogP contribution in [0, 0.1) is 5.41 Å². The highest BCUT2D eigenvalue weighted by atomic mass is 16.5. The zero-order valence-corrected chi connectivity index (χ0v) is 13.5. The van der Waals surface area contributed by atoms with Gasteiger partial charge in [-0.2, -0.15) is 0 Å². The molecule has 22 heavy (non-hydrogen) atoms. The third-order valence-corrected chi connectivity index (χ3v) is 3.08. The van der Waals surface area contributed by atoms with Crippen LogP contribution in [0.1, 0.15) is 36.8 Å². The summed E-state index contributed by atoms with van der Waals surface area (Å²) in [5.41, 5.74) is 1.88. The highest BCUT2D eigenvalue weighted by molar-refractivity contribution is 5.92. The Hall–Kier alpha value is -2.36. The molecule has 4 heteroatoms. The van der Waals surface area contributed by atoms with Gasteiger partial charge in [-0.15, -0.1) is 0 Å². The Morgan fingerprint density at radius 3 is 2.41 bits per heavy atom. The van der Waals surface area contributed by atoms with Crippen LogP contribution in [0.3, 0.4) is 0 Å². The van der Waals surface area contributed by atoms with Gasteiger partial charge in [-0.25, -0.2) is 0 Å². The normalized spacial score (nSPS) is 11.1. The molecule has 0 atom stereocenters. The van der Waals surface area contributed by atoms with Gasteiger partial charge in [0.15, 0.2) is 0 Å². The number of ether oxygens (including phenoxy) is 1. The minimum absolute atomic E-state index is 0.231. The van der Waals surface area contributed by atoms with Crippen LogP contribution in [0.15, 0.2) is 42.6 Å². The van der Waals surface area contributed by atoms with E-state index in [0.29, 0.717) is 11.4 Å². The molecule has 0 fully saturated rings. The fourth-order valence-electron chi connectivity index (χ4n) is 2.15. The zero-order chi connectivity index (χ0) is 16.2. The van der Waals surface area contributed by atoms with Crippen molar-refractivity contribution in [1.82, 2.24) is 10.3 Å². The van der Waals surface area contributed by atoms with Crippen LogP contribution < -0.4 is 10.1 Å². The van der Waals surface area contributed by atoms with Gasteiger partial charge in [-0.1, -0.05) is 32.9 Å². The van der Waals surface area contributed by atoms with Crippen molar-refractivity contribution < 1.29 is 9.53 Å². The van der Waals surface area contributed by atoms with Crippen LogP contribution in [0.4, 0.5) is 0 Å². The number of pyridine rings is 1. The van der Waals surface area contributed by atoms with E-state index in [9.17, 15) is 4.79 Å². The van der Waals surface area contributed by atoms with Crippen LogP contribution in [0.5, 0.6) is 11.5 Å². The van der Waals surface area contributed by atoms with Gasteiger partial charge in [0.05, 0.1) is 0 Å². The number of benzene rings is 1. The van der Waals surface area contributed by atoms with E-state index in [1.807, 2.05) is 12.1 Å². The molecule has 1 N–H and O–H groups in total. The summed E-state index contributed by atoms with van der Waals surface area (Å²) in [6.07, 6.45) is 2.58. The predicted molar refractivity (Wildman–Crippen MR) is 87.3 cm³/mol. The van der Waals surface area contributed by atoms with Gasteiger partial charge in [-0.05, 0) is 35.6 Å². The maximum Gasteiger partial charge on any atom is 0.269 e. The molecule has 2 rings (SSSR count). The highest BCUT2D eigenvalue weighted by Crippen LogP contribution is 2.25. The number of carbonyl (C=O) groups is 1. The first-order valence-corrected chi connectivity index (χ1v) is 7.32. The summed E-state index contributed by atoms with van der Waals surface area (Å²) in [7, 11) is 1.57. The lowest BCUT2D eigenvalue weighted by molar-refractivity contribution is 0.0958. The van der Waals surface area contributed by atoms with Gasteiger partial charge in [-0.3, -0.25) is 9.78 Å². The van der Waals surface area contributed by atoms with Crippen LogP contribution in [-0.4, -0.2) is 17.9 Å². The lowest BCUT2D eigenvalue weighted by Gasteiger charge is -2.18. The molecule has 116 valence electrons. The Morgan fingerprint density at radius 1 is 1.14 bits per heavy atom. The number of carbonyl (C=O) groups excluding carboxylic acids is 1. The molecule has 0 radical (unpaired) electrons. The first kappa shape index (κ1) is 16.0. The van der Waals surface area contributed by atoms with E-state index in [1.54, 1.807) is 25.4 Å². The van der Waals surface area contributed by atoms with Gasteiger partial charge in [0.1, 0.15) is 17.2 Å². The molecule has 1 aromatic heterocycles. The average molecular weight is 298 g/mol. The first-order chi connectivity index (χ1) is 10.4. The fraction of sp³-hybridized carbons (Fsp3) is 0.333. The Kier molecular flexibility index (Phi) is 4.81. The first-order valence-electron chi connectivity index (χ1n) is 7.32. The number of nitrogens with zero attached hydrogens (tertiary/aromatic N) is 1. The SMILES string of the molecule is CNC(=O)c1cc(Oc2ccc(CC(C)(C)C)cc2)ccn1. The van der Waals surface area contributed by atoms with Crippen molar-refractivity contribution in [3.8, 4) is 11.5 Å². The molecular weight excluding hydrogens is 276 g/mol. The lowest BCUT2D eigenvalue weighted by Crippen LogP contribution is -2.18. The summed E-state index contributed by atoms with van der Waals surface area (Å²) in [6, 6.07) is 11.4. The minimum Gasteiger partial charge on any atom is -0.457 e. The maximum atomic E-state index is 11.6. The molecule has 0 aliphatic carbocycles. The smallest absolute Gasteiger partial charge is 0.269 e. The van der Waals surface area contributed by atoms with E-state index in [0.717, 1.165) is 12.2 Å². The minimum atomic E-state index is -0.231. The van der Waals surface area contributed by atoms with Crippen molar-refractivity contribution >= 4 is 5.91 Å². The van der Waals surface area contributed by atoms with Gasteiger partial charge in [0.2, 0.25) is 0 Å². The third kappa shape index (κ3) is 4.58. The third-order valence-electron chi connectivity index (χ3n) is 3.08. The fourth-order valence-corrected chi connectivity index (χ4v) is 2.15. The standard InChI is InChI=1S/C18H22N2O2/c1-18(2,3)12-13-5-7-14(8-6-13)22-15-9-10-20-16(11-15)17(21)19-4/h5-11H,12H2,1-4H3,(H,19,21). The van der Waals surface area contributed by atoms with Crippen molar-refractivity contribution in [2.75, 3.05) is 7.05 Å². The van der Waals surface area contributed by atoms with Gasteiger partial charge < -0.3 is 10.1 Å². The summed E-state index contributed by atoms with van der Waals surface area (Å²) in [6.45, 7) is 6.65. The number of nitrogens with one attached hydrogen (secondary N) is 1. The molecule has 1 aromatic carbocycles. The van der Waals surface area contributed by atoms with Crippen molar-refractivity contribution in [3.05, 3.63) is 53.9 Å². The maximum absolute atomic E-state index is 11.6. The monoisotopic (exact) mass is 298 g/mol. The second kappa shape index (κ2) is 6.60. The van der Waals surface area contributed by atoms with Crippen LogP contribution in [-0.2, 0) is 6.42 Å². The van der Waals surface area contributed by atoms with E-state index < -0.39 is 0 Å².